The highest BCUT2D eigenvalue weighted by atomic mass is 19.1. The highest BCUT2D eigenvalue weighted by Gasteiger charge is 2.41. The van der Waals surface area contributed by atoms with Crippen LogP contribution in [0.2, 0.25) is 0 Å². The third-order valence-corrected chi connectivity index (χ3v) is 5.47. The fraction of sp³-hybridized carbons (Fsp3) is 0.192. The lowest BCUT2D eigenvalue weighted by Gasteiger charge is -2.15. The van der Waals surface area contributed by atoms with Crippen molar-refractivity contribution in [2.75, 3.05) is 7.11 Å². The maximum atomic E-state index is 13.9. The Labute approximate surface area is 189 Å². The van der Waals surface area contributed by atoms with E-state index in [4.69, 9.17) is 9.57 Å². The number of hydrogen-bond acceptors (Lipinski definition) is 5. The molecule has 0 spiro atoms. The third kappa shape index (κ3) is 4.14. The Morgan fingerprint density at radius 2 is 1.58 bits per heavy atom. The van der Waals surface area contributed by atoms with Gasteiger partial charge in [0.25, 0.3) is 0 Å². The number of methoxy groups -OCH3 is 1. The van der Waals surface area contributed by atoms with Crippen molar-refractivity contribution in [2.24, 2.45) is 5.16 Å². The van der Waals surface area contributed by atoms with Gasteiger partial charge < -0.3 is 9.57 Å². The van der Waals surface area contributed by atoms with E-state index in [2.05, 4.69) is 5.16 Å². The Morgan fingerprint density at radius 1 is 0.970 bits per heavy atom. The van der Waals surface area contributed by atoms with Crippen LogP contribution in [0.1, 0.15) is 35.3 Å². The summed E-state index contributed by atoms with van der Waals surface area (Å²) in [6, 6.07) is 15.7. The van der Waals surface area contributed by atoms with Crippen molar-refractivity contribution >= 4 is 17.3 Å². The fourth-order valence-corrected chi connectivity index (χ4v) is 3.71. The van der Waals surface area contributed by atoms with Crippen LogP contribution in [0, 0.1) is 11.6 Å². The lowest BCUT2D eigenvalue weighted by atomic mass is 9.92. The second kappa shape index (κ2) is 8.58. The molecule has 0 amide bonds. The van der Waals surface area contributed by atoms with Gasteiger partial charge in [-0.05, 0) is 43.2 Å². The summed E-state index contributed by atoms with van der Waals surface area (Å²) in [5.74, 6) is -2.18. The number of hydrogen-bond donors (Lipinski definition) is 0. The van der Waals surface area contributed by atoms with Crippen LogP contribution in [0.25, 0.3) is 11.1 Å². The molecule has 168 valence electrons. The number of nitrogens with zero attached hydrogens (tertiary/aromatic N) is 1. The van der Waals surface area contributed by atoms with Crippen LogP contribution in [0.3, 0.4) is 0 Å². The summed E-state index contributed by atoms with van der Waals surface area (Å²) < 4.78 is 33.4. The largest absolute Gasteiger partial charge is 0.495 e. The highest BCUT2D eigenvalue weighted by Crippen LogP contribution is 2.36. The van der Waals surface area contributed by atoms with Crippen LogP contribution >= 0.6 is 0 Å². The number of Topliss-reactive ketones (excluding diaryl/α,β-unsaturated/α-hetero) is 2. The van der Waals surface area contributed by atoms with Crippen molar-refractivity contribution in [3.63, 3.8) is 0 Å². The summed E-state index contributed by atoms with van der Waals surface area (Å²) in [6.45, 7) is 3.30. The Balaban J connectivity index is 1.62. The van der Waals surface area contributed by atoms with Gasteiger partial charge in [-0.1, -0.05) is 47.6 Å². The van der Waals surface area contributed by atoms with Gasteiger partial charge in [0, 0.05) is 12.0 Å². The van der Waals surface area contributed by atoms with Crippen molar-refractivity contribution in [3.05, 3.63) is 89.0 Å². The predicted molar refractivity (Wildman–Crippen MR) is 120 cm³/mol. The third-order valence-electron chi connectivity index (χ3n) is 5.47. The predicted octanol–water partition coefficient (Wildman–Crippen LogP) is 5.15. The van der Waals surface area contributed by atoms with Crippen molar-refractivity contribution in [2.45, 2.75) is 25.9 Å². The Morgan fingerprint density at radius 3 is 2.15 bits per heavy atom. The monoisotopic (exact) mass is 449 g/mol. The molecule has 0 saturated heterocycles. The first kappa shape index (κ1) is 22.3. The van der Waals surface area contributed by atoms with E-state index in [1.807, 2.05) is 6.07 Å². The number of carbonyl (C=O) groups is 2. The summed E-state index contributed by atoms with van der Waals surface area (Å²) in [6.07, 6.45) is -0.146. The molecule has 0 unspecified atom stereocenters. The van der Waals surface area contributed by atoms with E-state index < -0.39 is 28.6 Å². The minimum Gasteiger partial charge on any atom is -0.495 e. The van der Waals surface area contributed by atoms with Crippen LogP contribution < -0.4 is 4.74 Å². The van der Waals surface area contributed by atoms with E-state index in [9.17, 15) is 18.4 Å². The van der Waals surface area contributed by atoms with Crippen LogP contribution in [-0.4, -0.2) is 30.0 Å². The molecule has 33 heavy (non-hydrogen) atoms. The van der Waals surface area contributed by atoms with E-state index in [1.165, 1.54) is 13.2 Å². The molecule has 3 aromatic carbocycles. The molecule has 0 aliphatic carbocycles. The van der Waals surface area contributed by atoms with Crippen LogP contribution in [0.15, 0.2) is 65.8 Å². The number of carbonyl (C=O) groups excluding carboxylic acids is 2. The number of rotatable bonds is 6. The van der Waals surface area contributed by atoms with Gasteiger partial charge in [-0.3, -0.25) is 9.59 Å². The maximum Gasteiger partial charge on any atom is 0.231 e. The van der Waals surface area contributed by atoms with Gasteiger partial charge in [0.05, 0.1) is 18.2 Å². The zero-order chi connectivity index (χ0) is 23.8. The molecule has 1 aliphatic rings. The van der Waals surface area contributed by atoms with E-state index in [-0.39, 0.29) is 17.9 Å². The smallest absolute Gasteiger partial charge is 0.231 e. The molecule has 1 heterocycles. The number of ketones is 2. The van der Waals surface area contributed by atoms with Gasteiger partial charge in [-0.15, -0.1) is 0 Å². The topological polar surface area (TPSA) is 65.0 Å². The minimum atomic E-state index is -1.04. The first-order valence-corrected chi connectivity index (χ1v) is 10.3. The lowest BCUT2D eigenvalue weighted by Crippen LogP contribution is -2.33. The summed E-state index contributed by atoms with van der Waals surface area (Å²) >= 11 is 0. The SMILES string of the molecule is COc1c(C2=NOC(C)(C)C2=O)cccc1-c1ccc(CC(=O)c2c(F)cccc2F)cc1. The minimum absolute atomic E-state index is 0.146. The van der Waals surface area contributed by atoms with Crippen molar-refractivity contribution < 1.29 is 27.9 Å². The van der Waals surface area contributed by atoms with E-state index in [0.717, 1.165) is 17.7 Å². The molecular weight excluding hydrogens is 428 g/mol. The molecule has 5 nitrogen and oxygen atoms in total. The Hall–Kier alpha value is -3.87. The summed E-state index contributed by atoms with van der Waals surface area (Å²) in [5, 5.41) is 3.96. The van der Waals surface area contributed by atoms with E-state index in [0.29, 0.717) is 22.4 Å². The zero-order valence-electron chi connectivity index (χ0n) is 18.3. The summed E-state index contributed by atoms with van der Waals surface area (Å²) in [5.41, 5.74) is 1.21. The molecule has 0 saturated carbocycles. The quantitative estimate of drug-likeness (QED) is 0.489. The molecule has 7 heteroatoms. The molecule has 0 bridgehead atoms. The average molecular weight is 449 g/mol. The van der Waals surface area contributed by atoms with Crippen LogP contribution in [-0.2, 0) is 16.1 Å². The van der Waals surface area contributed by atoms with E-state index >= 15 is 0 Å². The molecule has 0 radical (unpaired) electrons. The van der Waals surface area contributed by atoms with Crippen LogP contribution in [0.4, 0.5) is 8.78 Å². The molecular formula is C26H21F2NO4. The number of halogens is 2. The van der Waals surface area contributed by atoms with E-state index in [1.54, 1.807) is 50.2 Å². The average Bonchev–Trinajstić information content (AvgIpc) is 3.06. The van der Waals surface area contributed by atoms with Gasteiger partial charge in [0.1, 0.15) is 17.4 Å². The highest BCUT2D eigenvalue weighted by molar-refractivity contribution is 6.50. The molecule has 0 aromatic heterocycles. The normalized spacial score (nSPS) is 14.6. The Bertz CT molecular complexity index is 1260. The number of ether oxygens (including phenoxy) is 1. The Kier molecular flexibility index (Phi) is 5.80. The standard InChI is InChI=1S/C26H21F2NO4/c1-26(2)25(31)23(29-33-26)18-7-4-6-17(24(18)32-3)16-12-10-15(11-13-16)14-21(30)22-19(27)8-5-9-20(22)28/h4-13H,14H2,1-3H3. The zero-order valence-corrected chi connectivity index (χ0v) is 18.3. The second-order valence-corrected chi connectivity index (χ2v) is 8.15. The van der Waals surface area contributed by atoms with Crippen LogP contribution in [0.5, 0.6) is 5.75 Å². The maximum absolute atomic E-state index is 13.9. The van der Waals surface area contributed by atoms with Gasteiger partial charge in [0.2, 0.25) is 5.78 Å². The molecule has 0 fully saturated rings. The van der Waals surface area contributed by atoms with Crippen molar-refractivity contribution in [1.29, 1.82) is 0 Å². The molecule has 0 atom stereocenters. The van der Waals surface area contributed by atoms with Gasteiger partial charge >= 0.3 is 0 Å². The first-order chi connectivity index (χ1) is 15.7. The second-order valence-electron chi connectivity index (χ2n) is 8.15. The van der Waals surface area contributed by atoms with Gasteiger partial charge in [-0.2, -0.15) is 0 Å². The summed E-state index contributed by atoms with van der Waals surface area (Å²) in [4.78, 5) is 30.4. The van der Waals surface area contributed by atoms with Gasteiger partial charge in [-0.25, -0.2) is 8.78 Å². The number of para-hydroxylation sites is 1. The fourth-order valence-electron chi connectivity index (χ4n) is 3.71. The summed E-state index contributed by atoms with van der Waals surface area (Å²) in [7, 11) is 1.50. The number of benzene rings is 3. The van der Waals surface area contributed by atoms with Crippen molar-refractivity contribution in [1.82, 2.24) is 0 Å². The van der Waals surface area contributed by atoms with Gasteiger partial charge in [0.15, 0.2) is 17.1 Å². The molecule has 4 rings (SSSR count). The molecule has 3 aromatic rings. The number of oxime groups is 1. The van der Waals surface area contributed by atoms with Crippen molar-refractivity contribution in [3.8, 4) is 16.9 Å². The molecule has 1 aliphatic heterocycles. The first-order valence-electron chi connectivity index (χ1n) is 10.3. The lowest BCUT2D eigenvalue weighted by molar-refractivity contribution is -0.128. The molecule has 0 N–H and O–H groups in total.